The van der Waals surface area contributed by atoms with Gasteiger partial charge in [0.2, 0.25) is 5.82 Å². The third-order valence-corrected chi connectivity index (χ3v) is 1.38. The minimum Gasteiger partial charge on any atom is -0.177 e. The Balaban J connectivity index is 0.000000293. The smallest absolute Gasteiger partial charge is 0.177 e. The van der Waals surface area contributed by atoms with Crippen LogP contribution in [0.25, 0.3) is 11.4 Å². The van der Waals surface area contributed by atoms with Gasteiger partial charge in [-0.15, -0.1) is 10.2 Å². The lowest BCUT2D eigenvalue weighted by Crippen LogP contribution is -1.78. The lowest BCUT2D eigenvalue weighted by atomic mass is 10.2. The fourth-order valence-electron chi connectivity index (χ4n) is 0.871. The third kappa shape index (κ3) is 2.97. The van der Waals surface area contributed by atoms with Gasteiger partial charge in [0.15, 0.2) is 0 Å². The number of aromatic nitrogens is 4. The monoisotopic (exact) mass is 190 g/mol. The van der Waals surface area contributed by atoms with E-state index in [1.54, 1.807) is 0 Å². The predicted molar refractivity (Wildman–Crippen MR) is 55.6 cm³/mol. The Labute approximate surface area is 83.4 Å². The number of nitrogens with one attached hydrogen (secondary N) is 1. The zero-order valence-electron chi connectivity index (χ0n) is 8.44. The molecule has 4 heteroatoms. The van der Waals surface area contributed by atoms with Crippen LogP contribution in [-0.4, -0.2) is 20.6 Å². The average molecular weight is 190 g/mol. The molecule has 0 atom stereocenters. The molecule has 74 valence electrons. The number of tetrazole rings is 1. The third-order valence-electron chi connectivity index (χ3n) is 1.38. The fraction of sp³-hybridized carbons (Fsp3) is 0.300. The molecule has 0 radical (unpaired) electrons. The molecular weight excluding hydrogens is 176 g/mol. The molecule has 0 aliphatic heterocycles. The lowest BCUT2D eigenvalue weighted by Gasteiger charge is -1.89. The van der Waals surface area contributed by atoms with E-state index in [2.05, 4.69) is 34.5 Å². The standard InChI is InChI=1S/C7H6N4.C3H8/c1-2-4-6(5-3-1)7-8-10-11-9-7;1-3-2/h1-5H,(H,8,9,10,11);3H2,1-2H3. The van der Waals surface area contributed by atoms with Crippen molar-refractivity contribution in [3.05, 3.63) is 30.3 Å². The highest BCUT2D eigenvalue weighted by Gasteiger charge is 1.98. The molecule has 1 aromatic carbocycles. The van der Waals surface area contributed by atoms with Crippen molar-refractivity contribution in [3.8, 4) is 11.4 Å². The van der Waals surface area contributed by atoms with Gasteiger partial charge >= 0.3 is 0 Å². The lowest BCUT2D eigenvalue weighted by molar-refractivity contribution is 0.881. The summed E-state index contributed by atoms with van der Waals surface area (Å²) in [5.74, 6) is 0.630. The number of rotatable bonds is 1. The first kappa shape index (κ1) is 10.4. The van der Waals surface area contributed by atoms with E-state index in [0.29, 0.717) is 5.82 Å². The van der Waals surface area contributed by atoms with Crippen LogP contribution in [0, 0.1) is 0 Å². The number of benzene rings is 1. The minimum atomic E-state index is 0.630. The topological polar surface area (TPSA) is 54.5 Å². The average Bonchev–Trinajstić information content (AvgIpc) is 2.73. The largest absolute Gasteiger partial charge is 0.204 e. The Morgan fingerprint density at radius 1 is 1.14 bits per heavy atom. The van der Waals surface area contributed by atoms with Crippen molar-refractivity contribution < 1.29 is 0 Å². The van der Waals surface area contributed by atoms with Crippen molar-refractivity contribution in [3.63, 3.8) is 0 Å². The zero-order chi connectivity index (χ0) is 10.2. The number of nitrogens with zero attached hydrogens (tertiary/aromatic N) is 3. The summed E-state index contributed by atoms with van der Waals surface area (Å²) >= 11 is 0. The summed E-state index contributed by atoms with van der Waals surface area (Å²) in [4.78, 5) is 0. The van der Waals surface area contributed by atoms with Crippen molar-refractivity contribution in [1.29, 1.82) is 0 Å². The maximum atomic E-state index is 3.84. The molecule has 0 amide bonds. The Morgan fingerprint density at radius 3 is 2.29 bits per heavy atom. The second-order valence-electron chi connectivity index (χ2n) is 2.81. The zero-order valence-corrected chi connectivity index (χ0v) is 8.44. The molecule has 0 saturated heterocycles. The van der Waals surface area contributed by atoms with Crippen LogP contribution in [0.3, 0.4) is 0 Å². The quantitative estimate of drug-likeness (QED) is 0.750. The minimum absolute atomic E-state index is 0.630. The van der Waals surface area contributed by atoms with E-state index >= 15 is 0 Å². The van der Waals surface area contributed by atoms with Crippen LogP contribution >= 0.6 is 0 Å². The van der Waals surface area contributed by atoms with Crippen LogP contribution in [0.4, 0.5) is 0 Å². The van der Waals surface area contributed by atoms with E-state index in [1.165, 1.54) is 6.42 Å². The molecule has 1 aromatic heterocycles. The molecule has 0 aliphatic rings. The second-order valence-corrected chi connectivity index (χ2v) is 2.81. The van der Waals surface area contributed by atoms with Gasteiger partial charge in [-0.25, -0.2) is 0 Å². The van der Waals surface area contributed by atoms with Crippen LogP contribution in [-0.2, 0) is 0 Å². The van der Waals surface area contributed by atoms with Gasteiger partial charge in [-0.1, -0.05) is 50.6 Å². The molecule has 2 rings (SSSR count). The van der Waals surface area contributed by atoms with Gasteiger partial charge in [0.05, 0.1) is 0 Å². The SMILES string of the molecule is CCC.c1ccc(-c2nn[nH]n2)cc1. The Morgan fingerprint density at radius 2 is 1.79 bits per heavy atom. The van der Waals surface area contributed by atoms with Crippen LogP contribution < -0.4 is 0 Å². The normalized spacial score (nSPS) is 9.00. The van der Waals surface area contributed by atoms with E-state index in [9.17, 15) is 0 Å². The molecule has 0 spiro atoms. The molecule has 1 N–H and O–H groups in total. The molecule has 0 aliphatic carbocycles. The fourth-order valence-corrected chi connectivity index (χ4v) is 0.871. The van der Waals surface area contributed by atoms with Gasteiger partial charge in [-0.2, -0.15) is 5.21 Å². The molecule has 0 fully saturated rings. The molecule has 1 heterocycles. The molecule has 0 bridgehead atoms. The predicted octanol–water partition coefficient (Wildman–Crippen LogP) is 2.28. The van der Waals surface area contributed by atoms with E-state index in [4.69, 9.17) is 0 Å². The molecular formula is C10H14N4. The number of aromatic amines is 1. The van der Waals surface area contributed by atoms with Crippen molar-refractivity contribution >= 4 is 0 Å². The first-order valence-corrected chi connectivity index (χ1v) is 4.67. The van der Waals surface area contributed by atoms with Gasteiger partial charge < -0.3 is 0 Å². The molecule has 0 unspecified atom stereocenters. The van der Waals surface area contributed by atoms with Gasteiger partial charge in [-0.3, -0.25) is 0 Å². The summed E-state index contributed by atoms with van der Waals surface area (Å²) in [6, 6.07) is 9.69. The van der Waals surface area contributed by atoms with Gasteiger partial charge in [-0.05, 0) is 5.21 Å². The van der Waals surface area contributed by atoms with E-state index < -0.39 is 0 Å². The Kier molecular flexibility index (Phi) is 4.34. The maximum absolute atomic E-state index is 3.84. The van der Waals surface area contributed by atoms with Crippen LogP contribution in [0.5, 0.6) is 0 Å². The van der Waals surface area contributed by atoms with Crippen molar-refractivity contribution in [2.24, 2.45) is 0 Å². The highest BCUT2D eigenvalue weighted by Crippen LogP contribution is 2.10. The van der Waals surface area contributed by atoms with E-state index in [1.807, 2.05) is 30.3 Å². The van der Waals surface area contributed by atoms with Crippen LogP contribution in [0.15, 0.2) is 30.3 Å². The van der Waals surface area contributed by atoms with Crippen molar-refractivity contribution in [2.75, 3.05) is 0 Å². The van der Waals surface area contributed by atoms with Crippen LogP contribution in [0.1, 0.15) is 20.3 Å². The highest BCUT2D eigenvalue weighted by molar-refractivity contribution is 5.52. The number of hydrogen-bond donors (Lipinski definition) is 1. The highest BCUT2D eigenvalue weighted by atomic mass is 15.5. The summed E-state index contributed by atoms with van der Waals surface area (Å²) in [6.07, 6.45) is 1.25. The number of hydrogen-bond acceptors (Lipinski definition) is 3. The van der Waals surface area contributed by atoms with Gasteiger partial charge in [0.25, 0.3) is 0 Å². The first-order valence-electron chi connectivity index (χ1n) is 4.67. The van der Waals surface area contributed by atoms with Gasteiger partial charge in [0.1, 0.15) is 0 Å². The molecule has 4 nitrogen and oxygen atoms in total. The summed E-state index contributed by atoms with van der Waals surface area (Å²) in [7, 11) is 0. The summed E-state index contributed by atoms with van der Waals surface area (Å²) in [5, 5.41) is 13.5. The van der Waals surface area contributed by atoms with E-state index in [0.717, 1.165) is 5.56 Å². The summed E-state index contributed by atoms with van der Waals surface area (Å²) in [5.41, 5.74) is 0.973. The molecule has 0 saturated carbocycles. The van der Waals surface area contributed by atoms with Crippen molar-refractivity contribution in [1.82, 2.24) is 20.6 Å². The number of H-pyrrole nitrogens is 1. The van der Waals surface area contributed by atoms with Gasteiger partial charge in [0, 0.05) is 5.56 Å². The maximum Gasteiger partial charge on any atom is 0.204 e. The molecule has 2 aromatic rings. The Hall–Kier alpha value is -1.71. The first-order chi connectivity index (χ1) is 6.88. The van der Waals surface area contributed by atoms with Crippen molar-refractivity contribution in [2.45, 2.75) is 20.3 Å². The summed E-state index contributed by atoms with van der Waals surface area (Å²) < 4.78 is 0. The van der Waals surface area contributed by atoms with E-state index in [-0.39, 0.29) is 0 Å². The Bertz CT molecular complexity index is 328. The van der Waals surface area contributed by atoms with Crippen LogP contribution in [0.2, 0.25) is 0 Å². The second kappa shape index (κ2) is 5.85. The molecule has 14 heavy (non-hydrogen) atoms. The summed E-state index contributed by atoms with van der Waals surface area (Å²) in [6.45, 7) is 4.25.